The van der Waals surface area contributed by atoms with Gasteiger partial charge < -0.3 is 15.8 Å². The summed E-state index contributed by atoms with van der Waals surface area (Å²) in [5, 5.41) is 3.81. The number of ether oxygens (including phenoxy) is 1. The lowest BCUT2D eigenvalue weighted by Gasteiger charge is -2.21. The number of thioether (sulfide) groups is 1. The van der Waals surface area contributed by atoms with E-state index in [0.29, 0.717) is 22.7 Å². The molecule has 0 spiro atoms. The van der Waals surface area contributed by atoms with Gasteiger partial charge in [-0.3, -0.25) is 4.99 Å². The second-order valence-electron chi connectivity index (χ2n) is 8.76. The van der Waals surface area contributed by atoms with E-state index >= 15 is 0 Å². The Bertz CT molecular complexity index is 1190. The molecule has 36 heavy (non-hydrogen) atoms. The van der Waals surface area contributed by atoms with E-state index in [0.717, 1.165) is 29.4 Å². The number of aliphatic imine (C=N–C) groups is 1. The summed E-state index contributed by atoms with van der Waals surface area (Å²) in [4.78, 5) is 5.80. The number of alkyl halides is 2. The van der Waals surface area contributed by atoms with E-state index in [4.69, 9.17) is 17.3 Å². The Morgan fingerprint density at radius 2 is 1.86 bits per heavy atom. The summed E-state index contributed by atoms with van der Waals surface area (Å²) < 4.78 is 30.4. The molecule has 4 nitrogen and oxygen atoms in total. The van der Waals surface area contributed by atoms with Crippen LogP contribution in [0.5, 0.6) is 5.75 Å². The van der Waals surface area contributed by atoms with Crippen molar-refractivity contribution < 1.29 is 13.5 Å². The zero-order valence-electron chi connectivity index (χ0n) is 20.1. The van der Waals surface area contributed by atoms with E-state index in [1.807, 2.05) is 17.8 Å². The molecular weight excluding hydrogens is 500 g/mol. The van der Waals surface area contributed by atoms with Gasteiger partial charge in [0.25, 0.3) is 0 Å². The van der Waals surface area contributed by atoms with E-state index in [-0.39, 0.29) is 11.7 Å². The Kier molecular flexibility index (Phi) is 9.24. The average molecular weight is 530 g/mol. The summed E-state index contributed by atoms with van der Waals surface area (Å²) >= 11 is 8.50. The Morgan fingerprint density at radius 3 is 2.50 bits per heavy atom. The Labute approximate surface area is 220 Å². The van der Waals surface area contributed by atoms with E-state index < -0.39 is 6.61 Å². The summed E-state index contributed by atoms with van der Waals surface area (Å²) in [6.45, 7) is -2.40. The highest BCUT2D eigenvalue weighted by molar-refractivity contribution is 7.99. The first kappa shape index (κ1) is 26.5. The van der Waals surface area contributed by atoms with Gasteiger partial charge in [0, 0.05) is 40.4 Å². The minimum Gasteiger partial charge on any atom is -0.434 e. The van der Waals surface area contributed by atoms with Gasteiger partial charge in [-0.25, -0.2) is 0 Å². The van der Waals surface area contributed by atoms with Crippen LogP contribution in [-0.2, 0) is 0 Å². The van der Waals surface area contributed by atoms with Crippen molar-refractivity contribution in [3.05, 3.63) is 77.3 Å². The van der Waals surface area contributed by atoms with E-state index in [9.17, 15) is 8.78 Å². The molecule has 0 heterocycles. The Morgan fingerprint density at radius 1 is 1.11 bits per heavy atom. The summed E-state index contributed by atoms with van der Waals surface area (Å²) in [6.07, 6.45) is 3.44. The van der Waals surface area contributed by atoms with Crippen molar-refractivity contribution >= 4 is 34.9 Å². The number of halogens is 3. The van der Waals surface area contributed by atoms with Crippen LogP contribution in [0.3, 0.4) is 0 Å². The quantitative estimate of drug-likeness (QED) is 0.152. The van der Waals surface area contributed by atoms with Crippen LogP contribution in [0.25, 0.3) is 11.1 Å². The third kappa shape index (κ3) is 6.99. The minimum absolute atomic E-state index is 0.00102. The molecular formula is C28H30ClF2N3OS. The molecule has 1 aliphatic rings. The summed E-state index contributed by atoms with van der Waals surface area (Å²) in [7, 11) is 1.75. The normalized spacial score (nSPS) is 14.7. The number of rotatable bonds is 11. The molecule has 0 bridgehead atoms. The van der Waals surface area contributed by atoms with Crippen molar-refractivity contribution in [3.8, 4) is 16.9 Å². The van der Waals surface area contributed by atoms with Gasteiger partial charge in [0.2, 0.25) is 0 Å². The third-order valence-corrected chi connectivity index (χ3v) is 7.68. The van der Waals surface area contributed by atoms with Crippen LogP contribution in [0.15, 0.2) is 76.6 Å². The van der Waals surface area contributed by atoms with Gasteiger partial charge in [-0.05, 0) is 67.6 Å². The number of nitrogens with zero attached hydrogens (tertiary/aromatic N) is 1. The first-order valence-electron chi connectivity index (χ1n) is 12.0. The van der Waals surface area contributed by atoms with Crippen LogP contribution in [0.4, 0.5) is 14.5 Å². The maximum absolute atomic E-state index is 12.8. The summed E-state index contributed by atoms with van der Waals surface area (Å²) in [6, 6.07) is 20.6. The number of anilines is 1. The van der Waals surface area contributed by atoms with Gasteiger partial charge in [0.15, 0.2) is 0 Å². The molecule has 1 unspecified atom stereocenters. The first-order valence-corrected chi connectivity index (χ1v) is 13.3. The SMILES string of the molecule is C/N=C(\Nc1ccc(-c2ccccc2OC(F)F)c(Cl)c1)C(CCN)c1ccc(SCC2CC2)cc1. The van der Waals surface area contributed by atoms with Gasteiger partial charge in [0.05, 0.1) is 5.02 Å². The number of para-hydroxylation sites is 1. The lowest BCUT2D eigenvalue weighted by molar-refractivity contribution is -0.0494. The van der Waals surface area contributed by atoms with Crippen LogP contribution in [0.1, 0.15) is 30.7 Å². The van der Waals surface area contributed by atoms with Crippen LogP contribution in [0.2, 0.25) is 5.02 Å². The third-order valence-electron chi connectivity index (χ3n) is 6.13. The van der Waals surface area contributed by atoms with Crippen LogP contribution >= 0.6 is 23.4 Å². The predicted octanol–water partition coefficient (Wildman–Crippen LogP) is 7.68. The first-order chi connectivity index (χ1) is 17.5. The lowest BCUT2D eigenvalue weighted by atomic mass is 9.94. The molecule has 0 amide bonds. The maximum Gasteiger partial charge on any atom is 0.387 e. The molecule has 0 saturated heterocycles. The number of nitrogens with two attached hydrogens (primary N) is 1. The molecule has 4 rings (SSSR count). The Balaban J connectivity index is 1.51. The number of hydrogen-bond acceptors (Lipinski definition) is 4. The van der Waals surface area contributed by atoms with Crippen molar-refractivity contribution in [2.75, 3.05) is 24.7 Å². The van der Waals surface area contributed by atoms with Gasteiger partial charge >= 0.3 is 6.61 Å². The van der Waals surface area contributed by atoms with E-state index in [2.05, 4.69) is 39.3 Å². The highest BCUT2D eigenvalue weighted by Gasteiger charge is 2.22. The van der Waals surface area contributed by atoms with Crippen molar-refractivity contribution in [1.82, 2.24) is 0 Å². The molecule has 0 aliphatic heterocycles. The van der Waals surface area contributed by atoms with Crippen molar-refractivity contribution in [1.29, 1.82) is 0 Å². The second-order valence-corrected chi connectivity index (χ2v) is 10.3. The van der Waals surface area contributed by atoms with Gasteiger partial charge in [-0.2, -0.15) is 8.78 Å². The molecule has 1 fully saturated rings. The molecule has 3 aromatic rings. The average Bonchev–Trinajstić information content (AvgIpc) is 3.70. The van der Waals surface area contributed by atoms with Crippen LogP contribution < -0.4 is 15.8 Å². The van der Waals surface area contributed by atoms with Gasteiger partial charge in [-0.15, -0.1) is 11.8 Å². The zero-order chi connectivity index (χ0) is 25.5. The van der Waals surface area contributed by atoms with Crippen LogP contribution in [-0.4, -0.2) is 31.8 Å². The van der Waals surface area contributed by atoms with E-state index in [1.165, 1.54) is 29.6 Å². The fourth-order valence-electron chi connectivity index (χ4n) is 4.07. The summed E-state index contributed by atoms with van der Waals surface area (Å²) in [5.74, 6) is 2.92. The molecule has 3 aromatic carbocycles. The molecule has 8 heteroatoms. The topological polar surface area (TPSA) is 59.6 Å². The fraction of sp³-hybridized carbons (Fsp3) is 0.321. The number of nitrogens with one attached hydrogen (secondary N) is 1. The molecule has 1 aliphatic carbocycles. The van der Waals surface area contributed by atoms with Crippen LogP contribution in [0, 0.1) is 5.92 Å². The monoisotopic (exact) mass is 529 g/mol. The number of amidine groups is 1. The number of benzene rings is 3. The second kappa shape index (κ2) is 12.6. The van der Waals surface area contributed by atoms with Crippen molar-refractivity contribution in [2.45, 2.75) is 36.7 Å². The maximum atomic E-state index is 12.8. The standard InChI is InChI=1S/C28H30ClF2N3OS/c1-33-27(22(14-15-32)19-8-11-21(12-9-19)36-17-18-6-7-18)34-20-10-13-23(25(29)16-20)24-4-2-3-5-26(24)35-28(30)31/h2-5,8-13,16,18,22,28H,6-7,14-15,17,32H2,1H3,(H,33,34). The van der Waals surface area contributed by atoms with Gasteiger partial charge in [-0.1, -0.05) is 48.0 Å². The van der Waals surface area contributed by atoms with Crippen molar-refractivity contribution in [2.24, 2.45) is 16.6 Å². The molecule has 1 saturated carbocycles. The molecule has 0 aromatic heterocycles. The predicted molar refractivity (Wildman–Crippen MR) is 147 cm³/mol. The summed E-state index contributed by atoms with van der Waals surface area (Å²) in [5.41, 5.74) is 8.95. The van der Waals surface area contributed by atoms with Gasteiger partial charge in [0.1, 0.15) is 11.6 Å². The molecule has 0 radical (unpaired) electrons. The fourth-order valence-corrected chi connectivity index (χ4v) is 5.44. The highest BCUT2D eigenvalue weighted by Crippen LogP contribution is 2.38. The molecule has 190 valence electrons. The lowest BCUT2D eigenvalue weighted by Crippen LogP contribution is -2.24. The Hall–Kier alpha value is -2.61. The van der Waals surface area contributed by atoms with E-state index in [1.54, 1.807) is 37.4 Å². The van der Waals surface area contributed by atoms with Crippen molar-refractivity contribution in [3.63, 3.8) is 0 Å². The molecule has 1 atom stereocenters. The molecule has 3 N–H and O–H groups in total. The largest absolute Gasteiger partial charge is 0.434 e. The highest BCUT2D eigenvalue weighted by atomic mass is 35.5. The smallest absolute Gasteiger partial charge is 0.387 e. The minimum atomic E-state index is -2.92. The number of hydrogen-bond donors (Lipinski definition) is 2. The zero-order valence-corrected chi connectivity index (χ0v) is 21.7.